The Bertz CT molecular complexity index is 795. The molecule has 1 heterocycles. The van der Waals surface area contributed by atoms with Crippen molar-refractivity contribution in [3.63, 3.8) is 0 Å². The van der Waals surface area contributed by atoms with Gasteiger partial charge < -0.3 is 10.1 Å². The van der Waals surface area contributed by atoms with Gasteiger partial charge in [-0.3, -0.25) is 4.79 Å². The van der Waals surface area contributed by atoms with Crippen molar-refractivity contribution in [1.82, 2.24) is 5.32 Å². The third kappa shape index (κ3) is 3.45. The van der Waals surface area contributed by atoms with Gasteiger partial charge in [0.1, 0.15) is 23.1 Å². The summed E-state index contributed by atoms with van der Waals surface area (Å²) in [4.78, 5) is 16.3. The molecule has 116 valence electrons. The van der Waals surface area contributed by atoms with Crippen LogP contribution in [-0.2, 0) is 4.79 Å². The van der Waals surface area contributed by atoms with Crippen LogP contribution in [0.25, 0.3) is 6.08 Å². The molecular formula is C18H15FN2O2. The molecule has 4 nitrogen and oxygen atoms in total. The van der Waals surface area contributed by atoms with Crippen molar-refractivity contribution in [2.24, 2.45) is 4.99 Å². The second-order valence-electron chi connectivity index (χ2n) is 4.96. The normalized spacial score (nSPS) is 15.5. The van der Waals surface area contributed by atoms with Gasteiger partial charge in [0.2, 0.25) is 0 Å². The number of hydrogen-bond acceptors (Lipinski definition) is 3. The summed E-state index contributed by atoms with van der Waals surface area (Å²) in [5.74, 6) is 0.447. The molecule has 0 saturated carbocycles. The van der Waals surface area contributed by atoms with E-state index >= 15 is 0 Å². The van der Waals surface area contributed by atoms with Crippen LogP contribution >= 0.6 is 0 Å². The van der Waals surface area contributed by atoms with Crippen LogP contribution in [0.2, 0.25) is 0 Å². The molecule has 3 rings (SSSR count). The van der Waals surface area contributed by atoms with E-state index in [2.05, 4.69) is 10.3 Å². The summed E-state index contributed by atoms with van der Waals surface area (Å²) >= 11 is 0. The van der Waals surface area contributed by atoms with Crippen molar-refractivity contribution in [2.75, 3.05) is 6.61 Å². The first-order valence-electron chi connectivity index (χ1n) is 7.26. The lowest BCUT2D eigenvalue weighted by molar-refractivity contribution is -0.115. The van der Waals surface area contributed by atoms with Crippen LogP contribution < -0.4 is 10.1 Å². The number of benzene rings is 2. The first kappa shape index (κ1) is 15.0. The Kier molecular flexibility index (Phi) is 4.19. The van der Waals surface area contributed by atoms with Gasteiger partial charge >= 0.3 is 0 Å². The van der Waals surface area contributed by atoms with Gasteiger partial charge in [-0.15, -0.1) is 0 Å². The van der Waals surface area contributed by atoms with Gasteiger partial charge in [0.25, 0.3) is 5.91 Å². The van der Waals surface area contributed by atoms with E-state index in [9.17, 15) is 9.18 Å². The summed E-state index contributed by atoms with van der Waals surface area (Å²) in [5, 5.41) is 2.65. The van der Waals surface area contributed by atoms with E-state index in [1.165, 1.54) is 12.1 Å². The highest BCUT2D eigenvalue weighted by Gasteiger charge is 2.21. The van der Waals surface area contributed by atoms with Crippen molar-refractivity contribution < 1.29 is 13.9 Å². The zero-order valence-corrected chi connectivity index (χ0v) is 12.5. The number of amidine groups is 1. The highest BCUT2D eigenvalue weighted by atomic mass is 19.1. The van der Waals surface area contributed by atoms with E-state index in [4.69, 9.17) is 4.74 Å². The molecule has 0 saturated heterocycles. The van der Waals surface area contributed by atoms with Gasteiger partial charge in [-0.05, 0) is 42.8 Å². The van der Waals surface area contributed by atoms with Crippen LogP contribution in [0.15, 0.2) is 59.2 Å². The minimum atomic E-state index is -0.372. The van der Waals surface area contributed by atoms with Gasteiger partial charge in [0.15, 0.2) is 0 Å². The standard InChI is InChI=1S/C18H15FN2O2/c1-2-23-15-8-6-12(7-9-15)10-16-18(22)21-17(20-16)13-4-3-5-14(19)11-13/h3-11H,2H2,1H3,(H,20,21,22)/b16-10-. The summed E-state index contributed by atoms with van der Waals surface area (Å²) in [7, 11) is 0. The van der Waals surface area contributed by atoms with Crippen LogP contribution in [0.4, 0.5) is 4.39 Å². The number of carbonyl (C=O) groups is 1. The molecular weight excluding hydrogens is 295 g/mol. The van der Waals surface area contributed by atoms with E-state index < -0.39 is 0 Å². The quantitative estimate of drug-likeness (QED) is 0.882. The maximum Gasteiger partial charge on any atom is 0.275 e. The number of carbonyl (C=O) groups excluding carboxylic acids is 1. The van der Waals surface area contributed by atoms with Gasteiger partial charge in [0, 0.05) is 5.56 Å². The molecule has 0 fully saturated rings. The Morgan fingerprint density at radius 2 is 2.00 bits per heavy atom. The third-order valence-electron chi connectivity index (χ3n) is 3.29. The first-order valence-corrected chi connectivity index (χ1v) is 7.26. The fraction of sp³-hybridized carbons (Fsp3) is 0.111. The van der Waals surface area contributed by atoms with Crippen molar-refractivity contribution in [2.45, 2.75) is 6.92 Å². The predicted octanol–water partition coefficient (Wildman–Crippen LogP) is 3.14. The summed E-state index contributed by atoms with van der Waals surface area (Å²) < 4.78 is 18.6. The van der Waals surface area contributed by atoms with Crippen LogP contribution in [0, 0.1) is 5.82 Å². The molecule has 2 aromatic rings. The molecule has 0 unspecified atom stereocenters. The lowest BCUT2D eigenvalue weighted by Crippen LogP contribution is -2.24. The second-order valence-corrected chi connectivity index (χ2v) is 4.96. The Morgan fingerprint density at radius 1 is 1.22 bits per heavy atom. The fourth-order valence-electron chi connectivity index (χ4n) is 2.23. The Labute approximate surface area is 133 Å². The number of amides is 1. The molecule has 0 atom stereocenters. The zero-order chi connectivity index (χ0) is 16.2. The topological polar surface area (TPSA) is 50.7 Å². The molecule has 0 radical (unpaired) electrons. The minimum absolute atomic E-state index is 0.286. The fourth-order valence-corrected chi connectivity index (χ4v) is 2.23. The number of nitrogens with zero attached hydrogens (tertiary/aromatic N) is 1. The first-order chi connectivity index (χ1) is 11.2. The SMILES string of the molecule is CCOc1ccc(/C=C2\N=C(c3cccc(F)c3)NC2=O)cc1. The van der Waals surface area contributed by atoms with Crippen molar-refractivity contribution >= 4 is 17.8 Å². The van der Waals surface area contributed by atoms with Crippen LogP contribution in [0.5, 0.6) is 5.75 Å². The van der Waals surface area contributed by atoms with E-state index in [0.29, 0.717) is 18.0 Å². The van der Waals surface area contributed by atoms with Crippen molar-refractivity contribution in [3.05, 3.63) is 71.2 Å². The molecule has 23 heavy (non-hydrogen) atoms. The number of halogens is 1. The van der Waals surface area contributed by atoms with Crippen LogP contribution in [0.1, 0.15) is 18.1 Å². The summed E-state index contributed by atoms with van der Waals surface area (Å²) in [6.45, 7) is 2.52. The number of ether oxygens (including phenoxy) is 1. The molecule has 0 spiro atoms. The average molecular weight is 310 g/mol. The minimum Gasteiger partial charge on any atom is -0.494 e. The molecule has 1 amide bonds. The second kappa shape index (κ2) is 6.44. The van der Waals surface area contributed by atoms with E-state index in [1.807, 2.05) is 31.2 Å². The summed E-state index contributed by atoms with van der Waals surface area (Å²) in [6, 6.07) is 13.3. The van der Waals surface area contributed by atoms with Gasteiger partial charge in [-0.2, -0.15) is 0 Å². The Hall–Kier alpha value is -2.95. The smallest absolute Gasteiger partial charge is 0.275 e. The molecule has 0 bridgehead atoms. The average Bonchev–Trinajstić information content (AvgIpc) is 2.91. The van der Waals surface area contributed by atoms with Crippen molar-refractivity contribution in [1.29, 1.82) is 0 Å². The van der Waals surface area contributed by atoms with Gasteiger partial charge in [-0.25, -0.2) is 9.38 Å². The number of aliphatic imine (C=N–C) groups is 1. The van der Waals surface area contributed by atoms with Gasteiger partial charge in [0.05, 0.1) is 6.61 Å². The maximum absolute atomic E-state index is 13.3. The Balaban J connectivity index is 1.85. The third-order valence-corrected chi connectivity index (χ3v) is 3.29. The molecule has 1 N–H and O–H groups in total. The zero-order valence-electron chi connectivity index (χ0n) is 12.5. The number of hydrogen-bond donors (Lipinski definition) is 1. The summed E-state index contributed by atoms with van der Waals surface area (Å²) in [6.07, 6.45) is 1.68. The predicted molar refractivity (Wildman–Crippen MR) is 86.7 cm³/mol. The summed E-state index contributed by atoms with van der Waals surface area (Å²) in [5.41, 5.74) is 1.66. The lowest BCUT2D eigenvalue weighted by atomic mass is 10.2. The number of rotatable bonds is 4. The largest absolute Gasteiger partial charge is 0.494 e. The Morgan fingerprint density at radius 3 is 2.70 bits per heavy atom. The molecule has 1 aliphatic rings. The monoisotopic (exact) mass is 310 g/mol. The van der Waals surface area contributed by atoms with Crippen LogP contribution in [0.3, 0.4) is 0 Å². The number of nitrogens with one attached hydrogen (secondary N) is 1. The van der Waals surface area contributed by atoms with E-state index in [0.717, 1.165) is 11.3 Å². The lowest BCUT2D eigenvalue weighted by Gasteiger charge is -2.02. The molecule has 2 aromatic carbocycles. The van der Waals surface area contributed by atoms with E-state index in [1.54, 1.807) is 18.2 Å². The highest BCUT2D eigenvalue weighted by molar-refractivity contribution is 6.19. The molecule has 1 aliphatic heterocycles. The van der Waals surface area contributed by atoms with Gasteiger partial charge in [-0.1, -0.05) is 24.3 Å². The van der Waals surface area contributed by atoms with Crippen LogP contribution in [-0.4, -0.2) is 18.3 Å². The molecule has 0 aliphatic carbocycles. The maximum atomic E-state index is 13.3. The molecule has 0 aromatic heterocycles. The molecule has 5 heteroatoms. The highest BCUT2D eigenvalue weighted by Crippen LogP contribution is 2.18. The van der Waals surface area contributed by atoms with Crippen molar-refractivity contribution in [3.8, 4) is 5.75 Å². The van der Waals surface area contributed by atoms with E-state index in [-0.39, 0.29) is 17.4 Å².